The van der Waals surface area contributed by atoms with Gasteiger partial charge in [0.25, 0.3) is 0 Å². The molecule has 0 spiro atoms. The van der Waals surface area contributed by atoms with E-state index in [2.05, 4.69) is 355 Å². The highest BCUT2D eigenvalue weighted by molar-refractivity contribution is 6.14. The highest BCUT2D eigenvalue weighted by atomic mass is 15.1. The summed E-state index contributed by atoms with van der Waals surface area (Å²) in [5.41, 5.74) is 33.5. The first kappa shape index (κ1) is 86.4. The van der Waals surface area contributed by atoms with Crippen molar-refractivity contribution in [1.29, 1.82) is 0 Å². The van der Waals surface area contributed by atoms with Crippen LogP contribution in [0.4, 0.5) is 0 Å². The molecule has 6 heterocycles. The molecule has 1 aliphatic rings. The molecule has 0 aliphatic heterocycles. The Kier molecular flexibility index (Phi) is 22.4. The van der Waals surface area contributed by atoms with Crippen LogP contribution < -0.4 is 0 Å². The lowest BCUT2D eigenvalue weighted by molar-refractivity contribution is 0.661. The van der Waals surface area contributed by atoms with E-state index < -0.39 is 0 Å². The molecule has 0 saturated heterocycles. The molecule has 0 N–H and O–H groups in total. The van der Waals surface area contributed by atoms with Gasteiger partial charge >= 0.3 is 0 Å². The van der Waals surface area contributed by atoms with Gasteiger partial charge < -0.3 is 13.7 Å². The van der Waals surface area contributed by atoms with Crippen LogP contribution in [-0.2, 0) is 5.41 Å². The van der Waals surface area contributed by atoms with E-state index in [0.717, 1.165) is 89.1 Å². The SMILES string of the molecule is CC1(C)c2cc(-c3cccc(-c4nc(-c5ccccc5)nc(-c5ccccc5)n4)c3)ccc2-c2cc3c4ccccc4n(-c4ccccc4)c3cc21.c1ccc(-c2ccc3c(c2)c2ccc(-c4ccccc4)cc2n3-c2cccc(-c3nc(-c4ccccc4)nc(-c4ccccc4)n3)c2)cc1.c1ccc(-c2ccc3c(c2)c2ccccc2n3-c2cccc(-c3nc(-c4ccccc4)nc(-c4ccccc4)n3)c2)cc1. The van der Waals surface area contributed by atoms with Crippen molar-refractivity contribution in [2.45, 2.75) is 19.3 Å². The van der Waals surface area contributed by atoms with E-state index in [1.807, 2.05) is 182 Å². The van der Waals surface area contributed by atoms with Crippen molar-refractivity contribution in [2.24, 2.45) is 0 Å². The number of hydrogen-bond donors (Lipinski definition) is 0. The molecule has 12 nitrogen and oxygen atoms in total. The first-order chi connectivity index (χ1) is 71.1. The van der Waals surface area contributed by atoms with Crippen LogP contribution in [0.2, 0.25) is 0 Å². The summed E-state index contributed by atoms with van der Waals surface area (Å²) in [4.78, 5) is 44.6. The molecular weight excluding hydrogens is 1750 g/mol. The number of fused-ring (bicyclic) bond motifs is 12. The first-order valence-corrected chi connectivity index (χ1v) is 48.6. The molecule has 0 bridgehead atoms. The molecule has 0 amide bonds. The lowest BCUT2D eigenvalue weighted by Crippen LogP contribution is -2.15. The fourth-order valence-electron chi connectivity index (χ4n) is 20.4. The molecular formula is C132H90N12. The molecule has 144 heavy (non-hydrogen) atoms. The third kappa shape index (κ3) is 16.5. The monoisotopic (exact) mass is 1840 g/mol. The summed E-state index contributed by atoms with van der Waals surface area (Å²) in [5.74, 6) is 5.84. The van der Waals surface area contributed by atoms with E-state index in [0.29, 0.717) is 52.4 Å². The highest BCUT2D eigenvalue weighted by Gasteiger charge is 2.37. The third-order valence-electron chi connectivity index (χ3n) is 27.5. The summed E-state index contributed by atoms with van der Waals surface area (Å²) in [6, 6.07) is 178. The van der Waals surface area contributed by atoms with Gasteiger partial charge in [0.15, 0.2) is 52.4 Å². The predicted octanol–water partition coefficient (Wildman–Crippen LogP) is 32.9. The zero-order valence-electron chi connectivity index (χ0n) is 78.9. The average molecular weight is 1840 g/mol. The minimum atomic E-state index is -0.187. The molecule has 0 unspecified atom stereocenters. The standard InChI is InChI=1S/C48H34N4.C45H30N4.C39H26N4/c1-48(2)41-28-34(25-26-37(41)39-29-40-38-23-12-13-24-43(38)52(44(40)30-42(39)48)36-21-10-5-11-22-36)33-19-14-20-35(27-33)47-50-45(31-15-6-3-7-16-31)49-46(51-47)32-17-8-4-9-18-32;1-5-14-31(15-6-1)35-25-27-41-40(29-35)39-26-24-36(32-16-7-2-8-17-32)30-42(39)49(41)38-23-13-22-37(28-38)45-47-43(33-18-9-3-10-19-33)46-44(48-45)34-20-11-4-12-21-34;1-4-13-27(14-5-1)30-23-24-36-34(26-30)33-21-10-11-22-35(33)43(36)32-20-12-19-31(25-32)39-41-37(28-15-6-2-7-16-28)40-38(42-39)29-17-8-3-9-18-29/h3-30H,1-2H3;1-30H;1-26H. The number of aromatic nitrogens is 12. The minimum Gasteiger partial charge on any atom is -0.309 e. The second-order valence-electron chi connectivity index (χ2n) is 36.8. The van der Waals surface area contributed by atoms with Crippen LogP contribution in [-0.4, -0.2) is 58.6 Å². The Morgan fingerprint density at radius 2 is 0.382 bits per heavy atom. The van der Waals surface area contributed by atoms with Crippen molar-refractivity contribution in [2.75, 3.05) is 0 Å². The quantitative estimate of drug-likeness (QED) is 0.0928. The summed E-state index contributed by atoms with van der Waals surface area (Å²) >= 11 is 0. The number of benzene rings is 20. The Morgan fingerprint density at radius 1 is 0.139 bits per heavy atom. The molecule has 12 heteroatoms. The average Bonchev–Trinajstić information content (AvgIpc) is 1.54. The Morgan fingerprint density at radius 3 is 0.778 bits per heavy atom. The molecule has 0 saturated carbocycles. The lowest BCUT2D eigenvalue weighted by Gasteiger charge is -2.22. The van der Waals surface area contributed by atoms with E-state index in [1.54, 1.807) is 0 Å². The Bertz CT molecular complexity index is 9130. The molecule has 0 atom stereocenters. The lowest BCUT2D eigenvalue weighted by atomic mass is 9.81. The molecule has 20 aromatic carbocycles. The summed E-state index contributed by atoms with van der Waals surface area (Å²) in [5, 5.41) is 7.41. The molecule has 1 aliphatic carbocycles. The summed E-state index contributed by atoms with van der Waals surface area (Å²) in [6.45, 7) is 4.72. The fraction of sp³-hybridized carbons (Fsp3) is 0.0227. The van der Waals surface area contributed by atoms with Crippen molar-refractivity contribution in [3.63, 3.8) is 0 Å². The van der Waals surface area contributed by atoms with E-state index >= 15 is 0 Å². The maximum Gasteiger partial charge on any atom is 0.164 e. The van der Waals surface area contributed by atoms with Gasteiger partial charge in [0, 0.05) is 105 Å². The minimum absolute atomic E-state index is 0.187. The summed E-state index contributed by atoms with van der Waals surface area (Å²) < 4.78 is 7.11. The topological polar surface area (TPSA) is 131 Å². The van der Waals surface area contributed by atoms with Crippen LogP contribution in [0.3, 0.4) is 0 Å². The van der Waals surface area contributed by atoms with Gasteiger partial charge in [-0.1, -0.05) is 420 Å². The van der Waals surface area contributed by atoms with Gasteiger partial charge in [-0.2, -0.15) is 0 Å². The zero-order valence-corrected chi connectivity index (χ0v) is 78.9. The van der Waals surface area contributed by atoms with Gasteiger partial charge in [-0.3, -0.25) is 0 Å². The van der Waals surface area contributed by atoms with Crippen molar-refractivity contribution in [3.8, 4) is 175 Å². The first-order valence-electron chi connectivity index (χ1n) is 48.6. The van der Waals surface area contributed by atoms with Crippen molar-refractivity contribution in [1.82, 2.24) is 58.6 Å². The second kappa shape index (κ2) is 37.3. The molecule has 26 aromatic rings. The normalized spacial score (nSPS) is 11.9. The van der Waals surface area contributed by atoms with E-state index in [9.17, 15) is 0 Å². The van der Waals surface area contributed by atoms with Crippen LogP contribution >= 0.6 is 0 Å². The third-order valence-corrected chi connectivity index (χ3v) is 27.5. The molecule has 0 fully saturated rings. The Hall–Kier alpha value is -19.2. The number of nitrogens with zero attached hydrogens (tertiary/aromatic N) is 12. The summed E-state index contributed by atoms with van der Waals surface area (Å²) in [6.07, 6.45) is 0. The van der Waals surface area contributed by atoms with Gasteiger partial charge in [0.2, 0.25) is 0 Å². The van der Waals surface area contributed by atoms with Crippen LogP contribution in [0.1, 0.15) is 25.0 Å². The maximum atomic E-state index is 5.01. The molecule has 0 radical (unpaired) electrons. The molecule has 27 rings (SSSR count). The largest absolute Gasteiger partial charge is 0.309 e. The van der Waals surface area contributed by atoms with Crippen LogP contribution in [0.15, 0.2) is 510 Å². The summed E-state index contributed by atoms with van der Waals surface area (Å²) in [7, 11) is 0. The van der Waals surface area contributed by atoms with Gasteiger partial charge in [0.1, 0.15) is 0 Å². The second-order valence-corrected chi connectivity index (χ2v) is 36.8. The number of rotatable bonds is 16. The van der Waals surface area contributed by atoms with Crippen molar-refractivity contribution >= 4 is 65.4 Å². The van der Waals surface area contributed by atoms with Crippen molar-refractivity contribution in [3.05, 3.63) is 521 Å². The van der Waals surface area contributed by atoms with Gasteiger partial charge in [-0.25, -0.2) is 44.9 Å². The fourth-order valence-corrected chi connectivity index (χ4v) is 20.4. The van der Waals surface area contributed by atoms with E-state index in [-0.39, 0.29) is 5.41 Å². The number of hydrogen-bond acceptors (Lipinski definition) is 9. The zero-order chi connectivity index (χ0) is 96.0. The van der Waals surface area contributed by atoms with Gasteiger partial charge in [-0.15, -0.1) is 0 Å². The smallest absolute Gasteiger partial charge is 0.164 e. The highest BCUT2D eigenvalue weighted by Crippen LogP contribution is 2.53. The molecule has 6 aromatic heterocycles. The number of para-hydroxylation sites is 3. The van der Waals surface area contributed by atoms with Crippen LogP contribution in [0, 0.1) is 0 Å². The maximum absolute atomic E-state index is 5.01. The molecule has 678 valence electrons. The Balaban J connectivity index is 0.000000114. The van der Waals surface area contributed by atoms with E-state index in [1.165, 1.54) is 110 Å². The van der Waals surface area contributed by atoms with Gasteiger partial charge in [-0.05, 0) is 170 Å². The van der Waals surface area contributed by atoms with Crippen molar-refractivity contribution < 1.29 is 0 Å². The Labute approximate surface area is 833 Å². The predicted molar refractivity (Wildman–Crippen MR) is 591 cm³/mol. The van der Waals surface area contributed by atoms with Crippen LogP contribution in [0.5, 0.6) is 0 Å². The van der Waals surface area contributed by atoms with E-state index in [4.69, 9.17) is 44.9 Å². The van der Waals surface area contributed by atoms with Gasteiger partial charge in [0.05, 0.1) is 33.1 Å². The van der Waals surface area contributed by atoms with Crippen LogP contribution in [0.25, 0.3) is 241 Å².